The van der Waals surface area contributed by atoms with Crippen molar-refractivity contribution in [1.29, 1.82) is 0 Å². The summed E-state index contributed by atoms with van der Waals surface area (Å²) >= 11 is 5.84. The van der Waals surface area contributed by atoms with E-state index in [1.807, 2.05) is 29.1 Å². The number of halogens is 1. The Hall–Kier alpha value is -1.43. The number of hydrogen-bond donors (Lipinski definition) is 2. The fourth-order valence-corrected chi connectivity index (χ4v) is 2.08. The molecule has 2 aromatic heterocycles. The van der Waals surface area contributed by atoms with Crippen LogP contribution in [0.3, 0.4) is 0 Å². The van der Waals surface area contributed by atoms with Crippen LogP contribution in [0.25, 0.3) is 0 Å². The van der Waals surface area contributed by atoms with Crippen LogP contribution in [0.1, 0.15) is 43.7 Å². The van der Waals surface area contributed by atoms with Crippen LogP contribution in [-0.4, -0.2) is 14.8 Å². The van der Waals surface area contributed by atoms with Crippen LogP contribution in [0.4, 0.5) is 0 Å². The molecule has 2 aromatic rings. The predicted octanol–water partition coefficient (Wildman–Crippen LogP) is 2.65. The van der Waals surface area contributed by atoms with Gasteiger partial charge in [0, 0.05) is 24.9 Å². The van der Waals surface area contributed by atoms with Gasteiger partial charge in [-0.05, 0) is 31.5 Å². The van der Waals surface area contributed by atoms with Crippen molar-refractivity contribution in [1.82, 2.24) is 20.2 Å². The number of hydrazine groups is 1. The zero-order valence-electron chi connectivity index (χ0n) is 11.8. The first-order valence-corrected chi connectivity index (χ1v) is 7.13. The molecule has 3 N–H and O–H groups in total. The van der Waals surface area contributed by atoms with E-state index in [4.69, 9.17) is 17.4 Å². The lowest BCUT2D eigenvalue weighted by atomic mass is 10.1. The summed E-state index contributed by atoms with van der Waals surface area (Å²) in [6.45, 7) is 4.30. The van der Waals surface area contributed by atoms with Crippen molar-refractivity contribution in [3.05, 3.63) is 47.0 Å². The highest BCUT2D eigenvalue weighted by atomic mass is 35.5. The maximum Gasteiger partial charge on any atom is 0.0688 e. The largest absolute Gasteiger partial charge is 0.271 e. The standard InChI is InChI=1S/C14H20ClN5/c1-3-10(2)20-7-6-12(19-20)8-14(18-16)13-5-4-11(15)9-17-13/h4-7,9-10,14,18H,3,8,16H2,1-2H3. The first-order chi connectivity index (χ1) is 9.63. The molecule has 0 aliphatic heterocycles. The number of pyridine rings is 1. The summed E-state index contributed by atoms with van der Waals surface area (Å²) in [6.07, 6.45) is 5.37. The fraction of sp³-hybridized carbons (Fsp3) is 0.429. The molecule has 2 rings (SSSR count). The van der Waals surface area contributed by atoms with Crippen molar-refractivity contribution in [2.75, 3.05) is 0 Å². The van der Waals surface area contributed by atoms with Crippen LogP contribution in [0.2, 0.25) is 5.02 Å². The summed E-state index contributed by atoms with van der Waals surface area (Å²) in [7, 11) is 0. The SMILES string of the molecule is CCC(C)n1ccc(CC(NN)c2ccc(Cl)cn2)n1. The zero-order chi connectivity index (χ0) is 14.5. The molecule has 5 nitrogen and oxygen atoms in total. The molecule has 2 unspecified atom stereocenters. The fourth-order valence-electron chi connectivity index (χ4n) is 1.97. The minimum absolute atomic E-state index is 0.0763. The summed E-state index contributed by atoms with van der Waals surface area (Å²) in [5, 5.41) is 5.20. The maximum atomic E-state index is 5.84. The van der Waals surface area contributed by atoms with Gasteiger partial charge in [0.2, 0.25) is 0 Å². The zero-order valence-corrected chi connectivity index (χ0v) is 12.5. The van der Waals surface area contributed by atoms with Gasteiger partial charge in [-0.3, -0.25) is 20.9 Å². The normalized spacial score (nSPS) is 14.2. The second-order valence-electron chi connectivity index (χ2n) is 4.87. The van der Waals surface area contributed by atoms with E-state index < -0.39 is 0 Å². The molecule has 108 valence electrons. The van der Waals surface area contributed by atoms with Gasteiger partial charge >= 0.3 is 0 Å². The first kappa shape index (κ1) is 15.0. The van der Waals surface area contributed by atoms with E-state index in [2.05, 4.69) is 29.4 Å². The third-order valence-corrected chi connectivity index (χ3v) is 3.65. The van der Waals surface area contributed by atoms with Crippen molar-refractivity contribution in [2.45, 2.75) is 38.8 Å². The highest BCUT2D eigenvalue weighted by Crippen LogP contribution is 2.18. The maximum absolute atomic E-state index is 5.84. The molecule has 20 heavy (non-hydrogen) atoms. The Kier molecular flexibility index (Phi) is 5.11. The van der Waals surface area contributed by atoms with Crippen molar-refractivity contribution < 1.29 is 0 Å². The van der Waals surface area contributed by atoms with Crippen LogP contribution in [0, 0.1) is 0 Å². The Balaban J connectivity index is 2.10. The number of hydrogen-bond acceptors (Lipinski definition) is 4. The molecule has 0 spiro atoms. The number of nitrogens with two attached hydrogens (primary N) is 1. The molecule has 0 saturated carbocycles. The third kappa shape index (κ3) is 3.56. The summed E-state index contributed by atoms with van der Waals surface area (Å²) in [4.78, 5) is 4.29. The molecule has 0 fully saturated rings. The van der Waals surface area contributed by atoms with Crippen LogP contribution >= 0.6 is 11.6 Å². The predicted molar refractivity (Wildman–Crippen MR) is 80.2 cm³/mol. The molecule has 0 radical (unpaired) electrons. The molecule has 6 heteroatoms. The molecule has 0 aliphatic carbocycles. The lowest BCUT2D eigenvalue weighted by Gasteiger charge is -2.14. The van der Waals surface area contributed by atoms with Gasteiger partial charge in [-0.15, -0.1) is 0 Å². The van der Waals surface area contributed by atoms with Gasteiger partial charge < -0.3 is 0 Å². The quantitative estimate of drug-likeness (QED) is 0.634. The van der Waals surface area contributed by atoms with Gasteiger partial charge in [-0.25, -0.2) is 0 Å². The molecule has 0 bridgehead atoms. The smallest absolute Gasteiger partial charge is 0.0688 e. The Morgan fingerprint density at radius 3 is 2.80 bits per heavy atom. The van der Waals surface area contributed by atoms with Crippen LogP contribution in [-0.2, 0) is 6.42 Å². The number of aromatic nitrogens is 3. The van der Waals surface area contributed by atoms with E-state index in [-0.39, 0.29) is 6.04 Å². The number of rotatable bonds is 6. The van der Waals surface area contributed by atoms with Gasteiger partial charge in [-0.1, -0.05) is 18.5 Å². The topological polar surface area (TPSA) is 68.8 Å². The lowest BCUT2D eigenvalue weighted by Crippen LogP contribution is -2.30. The molecule has 0 aromatic carbocycles. The Morgan fingerprint density at radius 1 is 1.40 bits per heavy atom. The van der Waals surface area contributed by atoms with E-state index in [9.17, 15) is 0 Å². The van der Waals surface area contributed by atoms with Gasteiger partial charge in [0.15, 0.2) is 0 Å². The molecule has 0 aliphatic rings. The van der Waals surface area contributed by atoms with Crippen molar-refractivity contribution in [3.8, 4) is 0 Å². The summed E-state index contributed by atoms with van der Waals surface area (Å²) in [6, 6.07) is 6.03. The van der Waals surface area contributed by atoms with Crippen molar-refractivity contribution in [2.24, 2.45) is 5.84 Å². The molecule has 2 heterocycles. The second-order valence-corrected chi connectivity index (χ2v) is 5.31. The van der Waals surface area contributed by atoms with Gasteiger partial charge in [0.1, 0.15) is 0 Å². The van der Waals surface area contributed by atoms with E-state index in [1.165, 1.54) is 0 Å². The average Bonchev–Trinajstić information content (AvgIpc) is 2.93. The Labute approximate surface area is 124 Å². The van der Waals surface area contributed by atoms with Crippen LogP contribution in [0.5, 0.6) is 0 Å². The molecule has 2 atom stereocenters. The number of nitrogens with zero attached hydrogens (tertiary/aromatic N) is 3. The van der Waals surface area contributed by atoms with Crippen molar-refractivity contribution >= 4 is 11.6 Å². The van der Waals surface area contributed by atoms with Gasteiger partial charge in [0.05, 0.1) is 22.5 Å². The Morgan fingerprint density at radius 2 is 2.20 bits per heavy atom. The first-order valence-electron chi connectivity index (χ1n) is 6.75. The highest BCUT2D eigenvalue weighted by molar-refractivity contribution is 6.30. The third-order valence-electron chi connectivity index (χ3n) is 3.43. The van der Waals surface area contributed by atoms with Crippen LogP contribution in [0.15, 0.2) is 30.6 Å². The summed E-state index contributed by atoms with van der Waals surface area (Å²) in [5.41, 5.74) is 4.63. The highest BCUT2D eigenvalue weighted by Gasteiger charge is 2.14. The lowest BCUT2D eigenvalue weighted by molar-refractivity contribution is 0.465. The summed E-state index contributed by atoms with van der Waals surface area (Å²) in [5.74, 6) is 5.63. The Bertz CT molecular complexity index is 537. The average molecular weight is 294 g/mol. The molecular formula is C14H20ClN5. The monoisotopic (exact) mass is 293 g/mol. The minimum Gasteiger partial charge on any atom is -0.271 e. The van der Waals surface area contributed by atoms with Gasteiger partial charge in [0.25, 0.3) is 0 Å². The molecule has 0 saturated heterocycles. The molecular weight excluding hydrogens is 274 g/mol. The number of nitrogens with one attached hydrogen (secondary N) is 1. The van der Waals surface area contributed by atoms with E-state index >= 15 is 0 Å². The van der Waals surface area contributed by atoms with E-state index in [0.29, 0.717) is 17.5 Å². The van der Waals surface area contributed by atoms with Crippen molar-refractivity contribution in [3.63, 3.8) is 0 Å². The minimum atomic E-state index is -0.0763. The molecule has 0 amide bonds. The second kappa shape index (κ2) is 6.83. The van der Waals surface area contributed by atoms with Crippen LogP contribution < -0.4 is 11.3 Å². The van der Waals surface area contributed by atoms with E-state index in [0.717, 1.165) is 17.8 Å². The van der Waals surface area contributed by atoms with Gasteiger partial charge in [-0.2, -0.15) is 5.10 Å². The summed E-state index contributed by atoms with van der Waals surface area (Å²) < 4.78 is 1.98. The van der Waals surface area contributed by atoms with E-state index in [1.54, 1.807) is 6.20 Å².